The third kappa shape index (κ3) is 3.72. The van der Waals surface area contributed by atoms with E-state index in [1.54, 1.807) is 25.3 Å². The molecule has 1 fully saturated rings. The van der Waals surface area contributed by atoms with Crippen molar-refractivity contribution in [1.29, 1.82) is 5.26 Å². The van der Waals surface area contributed by atoms with E-state index in [1.807, 2.05) is 11.0 Å². The summed E-state index contributed by atoms with van der Waals surface area (Å²) < 4.78 is 5.60. The van der Waals surface area contributed by atoms with Gasteiger partial charge in [0.2, 0.25) is 0 Å². The molecule has 28 heavy (non-hydrogen) atoms. The summed E-state index contributed by atoms with van der Waals surface area (Å²) in [6, 6.07) is 7.10. The number of H-pyrrole nitrogens is 1. The van der Waals surface area contributed by atoms with Crippen molar-refractivity contribution in [2.75, 3.05) is 38.2 Å². The Hall–Kier alpha value is -2.89. The van der Waals surface area contributed by atoms with Crippen molar-refractivity contribution in [3.63, 3.8) is 0 Å². The summed E-state index contributed by atoms with van der Waals surface area (Å²) in [5, 5.41) is 13.0. The first-order valence-electron chi connectivity index (χ1n) is 9.31. The third-order valence-electron chi connectivity index (χ3n) is 5.42. The van der Waals surface area contributed by atoms with Gasteiger partial charge in [-0.1, -0.05) is 0 Å². The smallest absolute Gasteiger partial charge is 0.268 e. The molecule has 0 spiro atoms. The number of rotatable bonds is 5. The molecule has 1 aliphatic rings. The number of anilines is 1. The van der Waals surface area contributed by atoms with E-state index in [1.165, 1.54) is 0 Å². The van der Waals surface area contributed by atoms with Crippen LogP contribution in [0.5, 0.6) is 0 Å². The Morgan fingerprint density at radius 1 is 1.43 bits per heavy atom. The van der Waals surface area contributed by atoms with Crippen LogP contribution in [0.2, 0.25) is 0 Å². The van der Waals surface area contributed by atoms with E-state index < -0.39 is 5.56 Å². The van der Waals surface area contributed by atoms with Crippen molar-refractivity contribution < 1.29 is 9.53 Å². The van der Waals surface area contributed by atoms with Crippen molar-refractivity contribution >= 4 is 22.5 Å². The zero-order chi connectivity index (χ0) is 20.3. The van der Waals surface area contributed by atoms with Crippen LogP contribution in [0.3, 0.4) is 0 Å². The number of fused-ring (bicyclic) bond motifs is 1. The number of carbonyl (C=O) groups is 1. The third-order valence-corrected chi connectivity index (χ3v) is 5.42. The minimum absolute atomic E-state index is 0.0630. The van der Waals surface area contributed by atoms with Gasteiger partial charge in [-0.3, -0.25) is 9.59 Å². The molecule has 0 unspecified atom stereocenters. The number of hydrogen-bond donors (Lipinski definition) is 3. The van der Waals surface area contributed by atoms with E-state index in [4.69, 9.17) is 10.5 Å². The molecule has 1 aromatic carbocycles. The summed E-state index contributed by atoms with van der Waals surface area (Å²) in [5.41, 5.74) is 6.49. The molecular weight excluding hydrogens is 358 g/mol. The molecule has 1 aliphatic heterocycles. The normalized spacial score (nSPS) is 16.0. The number of aromatic nitrogens is 1. The predicted molar refractivity (Wildman–Crippen MR) is 108 cm³/mol. The Balaban J connectivity index is 2.09. The first-order chi connectivity index (χ1) is 13.4. The molecule has 1 amide bonds. The molecule has 3 rings (SSSR count). The van der Waals surface area contributed by atoms with Gasteiger partial charge in [0.15, 0.2) is 0 Å². The van der Waals surface area contributed by atoms with E-state index in [-0.39, 0.29) is 17.1 Å². The highest BCUT2D eigenvalue weighted by atomic mass is 16.5. The number of amides is 1. The van der Waals surface area contributed by atoms with Crippen LogP contribution < -0.4 is 21.5 Å². The van der Waals surface area contributed by atoms with Crippen molar-refractivity contribution in [3.05, 3.63) is 39.7 Å². The maximum Gasteiger partial charge on any atom is 0.268 e. The van der Waals surface area contributed by atoms with Crippen LogP contribution in [0.25, 0.3) is 10.9 Å². The topological polar surface area (TPSA) is 124 Å². The lowest BCUT2D eigenvalue weighted by Gasteiger charge is -2.40. The number of hydrogen-bond acceptors (Lipinski definition) is 6. The predicted octanol–water partition coefficient (Wildman–Crippen LogP) is 1.09. The maximum atomic E-state index is 12.4. The number of nitrogens with two attached hydrogens (primary N) is 1. The number of nitrogens with zero attached hydrogens (tertiary/aromatic N) is 2. The molecule has 0 bridgehead atoms. The van der Waals surface area contributed by atoms with E-state index in [2.05, 4.69) is 17.2 Å². The van der Waals surface area contributed by atoms with Crippen molar-refractivity contribution in [1.82, 2.24) is 10.3 Å². The van der Waals surface area contributed by atoms with Crippen molar-refractivity contribution in [2.45, 2.75) is 25.4 Å². The van der Waals surface area contributed by atoms with E-state index in [0.29, 0.717) is 48.3 Å². The summed E-state index contributed by atoms with van der Waals surface area (Å²) >= 11 is 0. The highest BCUT2D eigenvalue weighted by molar-refractivity contribution is 6.02. The number of methoxy groups -OCH3 is 1. The molecule has 148 valence electrons. The lowest BCUT2D eigenvalue weighted by atomic mass is 9.92. The fourth-order valence-electron chi connectivity index (χ4n) is 3.54. The molecule has 0 aliphatic carbocycles. The molecule has 0 atom stereocenters. The fraction of sp³-hybridized carbons (Fsp3) is 0.450. The first kappa shape index (κ1) is 19.9. The molecule has 1 aromatic heterocycles. The molecule has 2 heterocycles. The van der Waals surface area contributed by atoms with Crippen LogP contribution in [-0.4, -0.2) is 49.8 Å². The Labute approximate surface area is 163 Å². The molecule has 8 nitrogen and oxygen atoms in total. The number of nitrogens with one attached hydrogen (secondary N) is 2. The van der Waals surface area contributed by atoms with Gasteiger partial charge in [0.05, 0.1) is 16.8 Å². The van der Waals surface area contributed by atoms with E-state index >= 15 is 0 Å². The average Bonchev–Trinajstić information content (AvgIpc) is 2.71. The Kier molecular flexibility index (Phi) is 5.68. The monoisotopic (exact) mass is 383 g/mol. The minimum Gasteiger partial charge on any atom is -0.378 e. The van der Waals surface area contributed by atoms with Crippen LogP contribution >= 0.6 is 0 Å². The van der Waals surface area contributed by atoms with Crippen LogP contribution in [-0.2, 0) is 4.74 Å². The minimum atomic E-state index is -0.426. The second-order valence-corrected chi connectivity index (χ2v) is 7.24. The molecule has 1 saturated heterocycles. The lowest BCUT2D eigenvalue weighted by Crippen LogP contribution is -2.44. The van der Waals surface area contributed by atoms with Crippen molar-refractivity contribution in [2.24, 2.45) is 5.73 Å². The van der Waals surface area contributed by atoms with Gasteiger partial charge in [-0.2, -0.15) is 5.26 Å². The van der Waals surface area contributed by atoms with Gasteiger partial charge in [0.25, 0.3) is 11.5 Å². The Morgan fingerprint density at radius 3 is 2.75 bits per heavy atom. The summed E-state index contributed by atoms with van der Waals surface area (Å²) in [4.78, 5) is 29.6. The van der Waals surface area contributed by atoms with Gasteiger partial charge in [0, 0.05) is 44.2 Å². The number of benzene rings is 1. The quantitative estimate of drug-likeness (QED) is 0.710. The zero-order valence-corrected chi connectivity index (χ0v) is 16.2. The van der Waals surface area contributed by atoms with E-state index in [9.17, 15) is 14.9 Å². The standard InChI is InChI=1S/C20H25N5O3/c1-20(28-2)5-9-25(10-6-20)17-14-11-13(18(26)23-8-7-21)3-4-16(14)24-19(27)15(17)12-22/h3-4,11H,5-10,21H2,1-2H3,(H,23,26)(H,24,27). The van der Waals surface area contributed by atoms with Crippen LogP contribution in [0.15, 0.2) is 23.0 Å². The second-order valence-electron chi connectivity index (χ2n) is 7.24. The number of piperidine rings is 1. The summed E-state index contributed by atoms with van der Waals surface area (Å²) in [7, 11) is 1.70. The van der Waals surface area contributed by atoms with Crippen LogP contribution in [0.1, 0.15) is 35.7 Å². The molecular formula is C20H25N5O3. The highest BCUT2D eigenvalue weighted by Crippen LogP contribution is 2.33. The molecule has 4 N–H and O–H groups in total. The van der Waals surface area contributed by atoms with E-state index in [0.717, 1.165) is 12.8 Å². The Morgan fingerprint density at radius 2 is 2.14 bits per heavy atom. The number of pyridine rings is 1. The summed E-state index contributed by atoms with van der Waals surface area (Å²) in [6.45, 7) is 4.09. The lowest BCUT2D eigenvalue weighted by molar-refractivity contribution is -0.0132. The first-order valence-corrected chi connectivity index (χ1v) is 9.31. The second kappa shape index (κ2) is 8.00. The SMILES string of the molecule is COC1(C)CCN(c2c(C#N)c(=O)[nH]c3ccc(C(=O)NCCN)cc23)CC1. The van der Waals surface area contributed by atoms with Gasteiger partial charge < -0.3 is 25.7 Å². The number of nitriles is 1. The summed E-state index contributed by atoms with van der Waals surface area (Å²) in [6.07, 6.45) is 1.55. The molecule has 8 heteroatoms. The largest absolute Gasteiger partial charge is 0.378 e. The van der Waals surface area contributed by atoms with Crippen LogP contribution in [0, 0.1) is 11.3 Å². The number of ether oxygens (including phenoxy) is 1. The highest BCUT2D eigenvalue weighted by Gasteiger charge is 2.32. The Bertz CT molecular complexity index is 984. The average molecular weight is 383 g/mol. The summed E-state index contributed by atoms with van der Waals surface area (Å²) in [5.74, 6) is -0.242. The molecule has 0 radical (unpaired) electrons. The fourth-order valence-corrected chi connectivity index (χ4v) is 3.54. The van der Waals surface area contributed by atoms with Gasteiger partial charge in [-0.15, -0.1) is 0 Å². The van der Waals surface area contributed by atoms with Gasteiger partial charge in [-0.05, 0) is 38.0 Å². The molecule has 0 saturated carbocycles. The van der Waals surface area contributed by atoms with Gasteiger partial charge >= 0.3 is 0 Å². The van der Waals surface area contributed by atoms with Crippen molar-refractivity contribution in [3.8, 4) is 6.07 Å². The maximum absolute atomic E-state index is 12.4. The van der Waals surface area contributed by atoms with Crippen LogP contribution in [0.4, 0.5) is 5.69 Å². The van der Waals surface area contributed by atoms with Gasteiger partial charge in [0.1, 0.15) is 11.6 Å². The number of aromatic amines is 1. The zero-order valence-electron chi connectivity index (χ0n) is 16.2. The van der Waals surface area contributed by atoms with Gasteiger partial charge in [-0.25, -0.2) is 0 Å². The molecule has 2 aromatic rings. The number of carbonyl (C=O) groups excluding carboxylic acids is 1.